The molecule has 0 saturated carbocycles. The van der Waals surface area contributed by atoms with Crippen molar-refractivity contribution in [3.05, 3.63) is 74.2 Å². The van der Waals surface area contributed by atoms with Crippen LogP contribution in [0.5, 0.6) is 0 Å². The van der Waals surface area contributed by atoms with E-state index in [4.69, 9.17) is 23.2 Å². The van der Waals surface area contributed by atoms with Gasteiger partial charge in [0.05, 0.1) is 15.7 Å². The summed E-state index contributed by atoms with van der Waals surface area (Å²) in [5.41, 5.74) is 2.78. The molecule has 0 fully saturated rings. The summed E-state index contributed by atoms with van der Waals surface area (Å²) in [6.45, 7) is 0. The SMILES string of the molecule is O=C1C[C@H](c2cccc(Cl)c2Cl)c2cc(Br)c3ccccc3c2N1. The van der Waals surface area contributed by atoms with E-state index in [-0.39, 0.29) is 11.8 Å². The number of carbonyl (C=O) groups excluding carboxylic acids is 1. The Morgan fingerprint density at radius 2 is 1.75 bits per heavy atom. The van der Waals surface area contributed by atoms with Crippen LogP contribution in [-0.2, 0) is 4.79 Å². The number of fused-ring (bicyclic) bond motifs is 3. The molecule has 4 rings (SSSR count). The summed E-state index contributed by atoms with van der Waals surface area (Å²) in [5, 5.41) is 6.11. The number of halogens is 3. The van der Waals surface area contributed by atoms with E-state index < -0.39 is 0 Å². The van der Waals surface area contributed by atoms with E-state index in [2.05, 4.69) is 27.3 Å². The third kappa shape index (κ3) is 2.52. The predicted molar refractivity (Wildman–Crippen MR) is 103 cm³/mol. The average molecular weight is 421 g/mol. The lowest BCUT2D eigenvalue weighted by molar-refractivity contribution is -0.116. The molecule has 1 aliphatic rings. The van der Waals surface area contributed by atoms with E-state index in [9.17, 15) is 4.79 Å². The molecule has 1 aliphatic heterocycles. The first kappa shape index (κ1) is 15.9. The standard InChI is InChI=1S/C19H12BrCl2NO/c20-15-8-14-13(11-6-3-7-16(21)18(11)22)9-17(24)23-19(14)12-5-2-1-4-10(12)15/h1-8,13H,9H2,(H,23,24)/t13-/m1/s1. The molecule has 0 aromatic heterocycles. The zero-order valence-electron chi connectivity index (χ0n) is 12.4. The van der Waals surface area contributed by atoms with E-state index in [0.29, 0.717) is 16.5 Å². The van der Waals surface area contributed by atoms with Gasteiger partial charge < -0.3 is 5.32 Å². The molecule has 2 nitrogen and oxygen atoms in total. The average Bonchev–Trinajstić information content (AvgIpc) is 2.58. The van der Waals surface area contributed by atoms with Gasteiger partial charge in [0, 0.05) is 22.2 Å². The number of hydrogen-bond donors (Lipinski definition) is 1. The highest BCUT2D eigenvalue weighted by Gasteiger charge is 2.30. The van der Waals surface area contributed by atoms with Crippen molar-refractivity contribution in [1.82, 2.24) is 0 Å². The highest BCUT2D eigenvalue weighted by atomic mass is 79.9. The van der Waals surface area contributed by atoms with Gasteiger partial charge >= 0.3 is 0 Å². The van der Waals surface area contributed by atoms with Crippen LogP contribution in [0.25, 0.3) is 10.8 Å². The molecule has 0 saturated heterocycles. The first-order chi connectivity index (χ1) is 11.6. The third-order valence-electron chi connectivity index (χ3n) is 4.41. The lowest BCUT2D eigenvalue weighted by atomic mass is 9.83. The predicted octanol–water partition coefficient (Wildman–Crippen LogP) is 6.38. The first-order valence-corrected chi connectivity index (χ1v) is 9.06. The van der Waals surface area contributed by atoms with Gasteiger partial charge in [0.2, 0.25) is 5.91 Å². The minimum absolute atomic E-state index is 0.0176. The van der Waals surface area contributed by atoms with Gasteiger partial charge in [-0.2, -0.15) is 0 Å². The number of amides is 1. The molecule has 0 unspecified atom stereocenters. The fraction of sp³-hybridized carbons (Fsp3) is 0.105. The minimum atomic E-state index is -0.124. The summed E-state index contributed by atoms with van der Waals surface area (Å²) in [4.78, 5) is 12.3. The quantitative estimate of drug-likeness (QED) is 0.485. The van der Waals surface area contributed by atoms with Crippen LogP contribution < -0.4 is 5.32 Å². The highest BCUT2D eigenvalue weighted by molar-refractivity contribution is 9.10. The maximum absolute atomic E-state index is 12.3. The molecule has 3 aromatic carbocycles. The fourth-order valence-corrected chi connectivity index (χ4v) is 4.35. The Kier molecular flexibility index (Phi) is 4.03. The summed E-state index contributed by atoms with van der Waals surface area (Å²) >= 11 is 16.3. The van der Waals surface area contributed by atoms with Crippen LogP contribution in [0.15, 0.2) is 53.0 Å². The number of carbonyl (C=O) groups is 1. The Bertz CT molecular complexity index is 987. The Morgan fingerprint density at radius 1 is 1.00 bits per heavy atom. The summed E-state index contributed by atoms with van der Waals surface area (Å²) in [5.74, 6) is -0.142. The number of benzene rings is 3. The number of rotatable bonds is 1. The van der Waals surface area contributed by atoms with Crippen LogP contribution in [0.4, 0.5) is 5.69 Å². The Labute approximate surface area is 157 Å². The van der Waals surface area contributed by atoms with Gasteiger partial charge in [-0.3, -0.25) is 4.79 Å². The zero-order chi connectivity index (χ0) is 16.8. The van der Waals surface area contributed by atoms with Crippen molar-refractivity contribution in [3.63, 3.8) is 0 Å². The summed E-state index contributed by atoms with van der Waals surface area (Å²) in [6, 6.07) is 15.6. The van der Waals surface area contributed by atoms with Crippen molar-refractivity contribution >= 4 is 61.5 Å². The molecule has 1 N–H and O–H groups in total. The van der Waals surface area contributed by atoms with E-state index in [1.807, 2.05) is 36.4 Å². The number of hydrogen-bond acceptors (Lipinski definition) is 1. The molecule has 0 spiro atoms. The van der Waals surface area contributed by atoms with Crippen LogP contribution in [0.2, 0.25) is 10.0 Å². The Morgan fingerprint density at radius 3 is 2.54 bits per heavy atom. The lowest BCUT2D eigenvalue weighted by Crippen LogP contribution is -2.24. The first-order valence-electron chi connectivity index (χ1n) is 7.51. The van der Waals surface area contributed by atoms with Crippen LogP contribution >= 0.6 is 39.1 Å². The topological polar surface area (TPSA) is 29.1 Å². The lowest BCUT2D eigenvalue weighted by Gasteiger charge is -2.28. The molecule has 1 atom stereocenters. The van der Waals surface area contributed by atoms with Crippen LogP contribution in [0.3, 0.4) is 0 Å². The monoisotopic (exact) mass is 419 g/mol. The van der Waals surface area contributed by atoms with Crippen LogP contribution in [-0.4, -0.2) is 5.91 Å². The van der Waals surface area contributed by atoms with E-state index in [1.54, 1.807) is 6.07 Å². The maximum Gasteiger partial charge on any atom is 0.225 e. The third-order valence-corrected chi connectivity index (χ3v) is 5.90. The van der Waals surface area contributed by atoms with Gasteiger partial charge in [0.15, 0.2) is 0 Å². The normalized spacial score (nSPS) is 16.8. The van der Waals surface area contributed by atoms with Crippen molar-refractivity contribution in [3.8, 4) is 0 Å². The smallest absolute Gasteiger partial charge is 0.225 e. The molecule has 0 radical (unpaired) electrons. The minimum Gasteiger partial charge on any atom is -0.325 e. The molecular formula is C19H12BrCl2NO. The van der Waals surface area contributed by atoms with Crippen molar-refractivity contribution in [2.24, 2.45) is 0 Å². The molecule has 0 aliphatic carbocycles. The van der Waals surface area contributed by atoms with Crippen molar-refractivity contribution in [2.75, 3.05) is 5.32 Å². The molecule has 0 bridgehead atoms. The molecule has 3 aromatic rings. The van der Waals surface area contributed by atoms with Gasteiger partial charge in [0.25, 0.3) is 0 Å². The summed E-state index contributed by atoms with van der Waals surface area (Å²) < 4.78 is 0.996. The van der Waals surface area contributed by atoms with Crippen molar-refractivity contribution < 1.29 is 4.79 Å². The van der Waals surface area contributed by atoms with Crippen molar-refractivity contribution in [1.29, 1.82) is 0 Å². The second kappa shape index (κ2) is 6.07. The van der Waals surface area contributed by atoms with Gasteiger partial charge in [-0.05, 0) is 28.6 Å². The van der Waals surface area contributed by atoms with Gasteiger partial charge in [-0.1, -0.05) is 75.5 Å². The molecular weight excluding hydrogens is 409 g/mol. The second-order valence-corrected chi connectivity index (χ2v) is 7.46. The number of nitrogens with one attached hydrogen (secondary N) is 1. The molecule has 1 heterocycles. The van der Waals surface area contributed by atoms with Gasteiger partial charge in [-0.15, -0.1) is 0 Å². The van der Waals surface area contributed by atoms with Crippen LogP contribution in [0.1, 0.15) is 23.5 Å². The highest BCUT2D eigenvalue weighted by Crippen LogP contribution is 2.45. The zero-order valence-corrected chi connectivity index (χ0v) is 15.5. The van der Waals surface area contributed by atoms with E-state index in [0.717, 1.165) is 32.1 Å². The summed E-state index contributed by atoms with van der Waals surface area (Å²) in [6.07, 6.45) is 0.345. The van der Waals surface area contributed by atoms with Crippen molar-refractivity contribution in [2.45, 2.75) is 12.3 Å². The Balaban J connectivity index is 2.01. The largest absolute Gasteiger partial charge is 0.325 e. The fourth-order valence-electron chi connectivity index (χ4n) is 3.32. The molecule has 120 valence electrons. The second-order valence-electron chi connectivity index (χ2n) is 5.82. The molecule has 5 heteroatoms. The molecule has 1 amide bonds. The van der Waals surface area contributed by atoms with Gasteiger partial charge in [0.1, 0.15) is 0 Å². The maximum atomic E-state index is 12.3. The summed E-state index contributed by atoms with van der Waals surface area (Å²) in [7, 11) is 0. The van der Waals surface area contributed by atoms with E-state index >= 15 is 0 Å². The Hall–Kier alpha value is -1.55. The number of anilines is 1. The molecule has 24 heavy (non-hydrogen) atoms. The van der Waals surface area contributed by atoms with Crippen LogP contribution in [0, 0.1) is 0 Å². The van der Waals surface area contributed by atoms with Gasteiger partial charge in [-0.25, -0.2) is 0 Å². The van der Waals surface area contributed by atoms with E-state index in [1.165, 1.54) is 0 Å².